The van der Waals surface area contributed by atoms with Gasteiger partial charge in [-0.1, -0.05) is 30.7 Å². The summed E-state index contributed by atoms with van der Waals surface area (Å²) < 4.78 is 12.2. The molecule has 1 heterocycles. The number of ether oxygens (including phenoxy) is 2. The second-order valence-corrected chi connectivity index (χ2v) is 8.82. The summed E-state index contributed by atoms with van der Waals surface area (Å²) in [7, 11) is 0. The number of aliphatic hydroxyl groups excluding tert-OH is 1. The van der Waals surface area contributed by atoms with Crippen LogP contribution >= 0.6 is 0 Å². The molecule has 3 unspecified atom stereocenters. The molecule has 4 aliphatic carbocycles. The van der Waals surface area contributed by atoms with E-state index < -0.39 is 5.79 Å². The third-order valence-corrected chi connectivity index (χ3v) is 7.84. The number of fused-ring (bicyclic) bond motifs is 5. The van der Waals surface area contributed by atoms with E-state index in [0.717, 1.165) is 19.3 Å². The molecule has 130 valence electrons. The topological polar surface area (TPSA) is 38.7 Å². The normalized spacial score (nSPS) is 48.5. The standard InChI is InChI=1S/C21H28O3/c1-19-8-5-15(22)13-14(19)3-4-16-17(19)6-9-20(2)18(16)7-10-21(20)23-11-12-24-21/h5,7-8,10,14-15,17,22H,3-4,6,9,11-13H2,1-2H3/t14?,15?,17?,19-,20-/m0/s1. The third kappa shape index (κ3) is 1.73. The maximum atomic E-state index is 10.0. The molecule has 0 aromatic heterocycles. The van der Waals surface area contributed by atoms with E-state index in [1.807, 2.05) is 6.08 Å². The zero-order chi connectivity index (χ0) is 16.6. The Balaban J connectivity index is 1.59. The molecule has 24 heavy (non-hydrogen) atoms. The fourth-order valence-corrected chi connectivity index (χ4v) is 6.39. The van der Waals surface area contributed by atoms with Gasteiger partial charge in [-0.05, 0) is 67.9 Å². The van der Waals surface area contributed by atoms with Crippen LogP contribution in [-0.2, 0) is 9.47 Å². The van der Waals surface area contributed by atoms with Crippen LogP contribution in [0.4, 0.5) is 0 Å². The minimum Gasteiger partial charge on any atom is -0.389 e. The first-order valence-corrected chi connectivity index (χ1v) is 9.57. The second kappa shape index (κ2) is 4.84. The average Bonchev–Trinajstić information content (AvgIpc) is 3.15. The first-order chi connectivity index (χ1) is 11.5. The van der Waals surface area contributed by atoms with Crippen molar-refractivity contribution in [1.29, 1.82) is 0 Å². The van der Waals surface area contributed by atoms with Gasteiger partial charge >= 0.3 is 0 Å². The Morgan fingerprint density at radius 2 is 1.92 bits per heavy atom. The summed E-state index contributed by atoms with van der Waals surface area (Å²) >= 11 is 0. The predicted molar refractivity (Wildman–Crippen MR) is 92.2 cm³/mol. The monoisotopic (exact) mass is 328 g/mol. The van der Waals surface area contributed by atoms with Gasteiger partial charge in [0.05, 0.1) is 24.7 Å². The van der Waals surface area contributed by atoms with Crippen molar-refractivity contribution in [2.75, 3.05) is 13.2 Å². The Morgan fingerprint density at radius 1 is 1.12 bits per heavy atom. The zero-order valence-corrected chi connectivity index (χ0v) is 14.8. The fourth-order valence-electron chi connectivity index (χ4n) is 6.39. The van der Waals surface area contributed by atoms with Crippen molar-refractivity contribution >= 4 is 0 Å². The lowest BCUT2D eigenvalue weighted by atomic mass is 9.51. The maximum Gasteiger partial charge on any atom is 0.197 e. The van der Waals surface area contributed by atoms with Crippen LogP contribution in [0.5, 0.6) is 0 Å². The van der Waals surface area contributed by atoms with Crippen LogP contribution in [0.25, 0.3) is 0 Å². The molecule has 1 N–H and O–H groups in total. The number of allylic oxidation sites excluding steroid dienone is 3. The quantitative estimate of drug-likeness (QED) is 0.688. The van der Waals surface area contributed by atoms with E-state index in [0.29, 0.717) is 25.0 Å². The summed E-state index contributed by atoms with van der Waals surface area (Å²) in [4.78, 5) is 0. The Hall–Kier alpha value is -0.900. The van der Waals surface area contributed by atoms with Gasteiger partial charge in [-0.15, -0.1) is 0 Å². The Labute approximate surface area is 144 Å². The van der Waals surface area contributed by atoms with E-state index in [2.05, 4.69) is 32.1 Å². The lowest BCUT2D eigenvalue weighted by molar-refractivity contribution is -0.183. The van der Waals surface area contributed by atoms with Gasteiger partial charge in [0.1, 0.15) is 0 Å². The first-order valence-electron chi connectivity index (χ1n) is 9.57. The summed E-state index contributed by atoms with van der Waals surface area (Å²) in [5.41, 5.74) is 3.29. The third-order valence-electron chi connectivity index (χ3n) is 7.84. The lowest BCUT2D eigenvalue weighted by Crippen LogP contribution is -2.50. The van der Waals surface area contributed by atoms with Crippen LogP contribution in [0.15, 0.2) is 35.5 Å². The number of rotatable bonds is 0. The van der Waals surface area contributed by atoms with Gasteiger partial charge in [0.25, 0.3) is 0 Å². The smallest absolute Gasteiger partial charge is 0.197 e. The molecule has 5 aliphatic rings. The summed E-state index contributed by atoms with van der Waals surface area (Å²) in [6.45, 7) is 6.16. The highest BCUT2D eigenvalue weighted by atomic mass is 16.7. The maximum absolute atomic E-state index is 10.0. The van der Waals surface area contributed by atoms with E-state index in [4.69, 9.17) is 9.47 Å². The molecule has 1 saturated heterocycles. The largest absolute Gasteiger partial charge is 0.389 e. The van der Waals surface area contributed by atoms with E-state index in [9.17, 15) is 5.11 Å². The average molecular weight is 328 g/mol. The predicted octanol–water partition coefficient (Wildman–Crippen LogP) is 3.75. The minimum atomic E-state index is -0.517. The molecule has 5 rings (SSSR count). The molecule has 0 aromatic rings. The van der Waals surface area contributed by atoms with Gasteiger partial charge in [0.2, 0.25) is 0 Å². The molecule has 1 saturated carbocycles. The molecule has 3 heteroatoms. The molecule has 1 spiro atoms. The number of hydrogen-bond acceptors (Lipinski definition) is 3. The van der Waals surface area contributed by atoms with Crippen molar-refractivity contribution in [3.8, 4) is 0 Å². The summed E-state index contributed by atoms with van der Waals surface area (Å²) in [6.07, 6.45) is 14.2. The van der Waals surface area contributed by atoms with E-state index in [1.165, 1.54) is 18.4 Å². The van der Waals surface area contributed by atoms with Crippen LogP contribution in [0, 0.1) is 22.7 Å². The van der Waals surface area contributed by atoms with Crippen molar-refractivity contribution in [1.82, 2.24) is 0 Å². The van der Waals surface area contributed by atoms with Crippen molar-refractivity contribution in [2.24, 2.45) is 22.7 Å². The Bertz CT molecular complexity index is 654. The highest BCUT2D eigenvalue weighted by Gasteiger charge is 2.60. The number of hydrogen-bond donors (Lipinski definition) is 1. The molecule has 3 nitrogen and oxygen atoms in total. The Morgan fingerprint density at radius 3 is 2.71 bits per heavy atom. The highest BCUT2D eigenvalue weighted by molar-refractivity contribution is 5.47. The molecule has 0 amide bonds. The summed E-state index contributed by atoms with van der Waals surface area (Å²) in [6, 6.07) is 0. The van der Waals surface area contributed by atoms with E-state index >= 15 is 0 Å². The summed E-state index contributed by atoms with van der Waals surface area (Å²) in [5, 5.41) is 10.0. The van der Waals surface area contributed by atoms with Gasteiger partial charge in [0, 0.05) is 0 Å². The molecule has 0 aromatic carbocycles. The fraction of sp³-hybridized carbons (Fsp3) is 0.714. The first kappa shape index (κ1) is 15.4. The van der Waals surface area contributed by atoms with Gasteiger partial charge < -0.3 is 14.6 Å². The van der Waals surface area contributed by atoms with Crippen molar-refractivity contribution in [3.63, 3.8) is 0 Å². The van der Waals surface area contributed by atoms with Crippen LogP contribution in [-0.4, -0.2) is 30.2 Å². The van der Waals surface area contributed by atoms with Gasteiger partial charge in [0.15, 0.2) is 5.79 Å². The molecular formula is C21H28O3. The second-order valence-electron chi connectivity index (χ2n) is 8.82. The van der Waals surface area contributed by atoms with Crippen molar-refractivity contribution in [3.05, 3.63) is 35.5 Å². The zero-order valence-electron chi connectivity index (χ0n) is 14.8. The van der Waals surface area contributed by atoms with Crippen molar-refractivity contribution < 1.29 is 14.6 Å². The van der Waals surface area contributed by atoms with Crippen molar-refractivity contribution in [2.45, 2.75) is 57.8 Å². The molecule has 1 aliphatic heterocycles. The molecule has 2 fully saturated rings. The number of aliphatic hydroxyl groups is 1. The van der Waals surface area contributed by atoms with Gasteiger partial charge in [-0.2, -0.15) is 0 Å². The molecule has 0 radical (unpaired) electrons. The molecule has 0 bridgehead atoms. The SMILES string of the molecule is C[C@]12C=CC(O)CC1CCC1=C3C=CC4(OCCO4)[C@@]3(C)CCC12. The molecular weight excluding hydrogens is 300 g/mol. The van der Waals surface area contributed by atoms with Gasteiger partial charge in [-0.25, -0.2) is 0 Å². The lowest BCUT2D eigenvalue weighted by Gasteiger charge is -2.55. The van der Waals surface area contributed by atoms with E-state index in [1.54, 1.807) is 5.57 Å². The van der Waals surface area contributed by atoms with Crippen LogP contribution in [0.1, 0.15) is 46.0 Å². The highest BCUT2D eigenvalue weighted by Crippen LogP contribution is 2.64. The van der Waals surface area contributed by atoms with Crippen LogP contribution in [0.2, 0.25) is 0 Å². The minimum absolute atomic E-state index is 0.0313. The van der Waals surface area contributed by atoms with Crippen LogP contribution in [0.3, 0.4) is 0 Å². The van der Waals surface area contributed by atoms with E-state index in [-0.39, 0.29) is 16.9 Å². The molecule has 5 atom stereocenters. The van der Waals surface area contributed by atoms with Crippen LogP contribution < -0.4 is 0 Å². The summed E-state index contributed by atoms with van der Waals surface area (Å²) in [5.74, 6) is 0.690. The Kier molecular flexibility index (Phi) is 3.10. The van der Waals surface area contributed by atoms with Gasteiger partial charge in [-0.3, -0.25) is 0 Å².